The molecule has 2 aliphatic rings. The Kier molecular flexibility index (Phi) is 5.57. The predicted molar refractivity (Wildman–Crippen MR) is 111 cm³/mol. The van der Waals surface area contributed by atoms with E-state index >= 15 is 0 Å². The number of unbranched alkanes of at least 4 members (excludes halogenated alkanes) is 2. The normalized spacial score (nSPS) is 19.8. The summed E-state index contributed by atoms with van der Waals surface area (Å²) in [7, 11) is 0. The highest BCUT2D eigenvalue weighted by molar-refractivity contribution is 6.46. The molecule has 1 atom stereocenters. The summed E-state index contributed by atoms with van der Waals surface area (Å²) < 4.78 is 19.0. The van der Waals surface area contributed by atoms with Gasteiger partial charge in [-0.05, 0) is 47.9 Å². The maximum Gasteiger partial charge on any atom is 0.295 e. The molecule has 1 N–H and O–H groups in total. The Morgan fingerprint density at radius 3 is 2.67 bits per heavy atom. The summed E-state index contributed by atoms with van der Waals surface area (Å²) in [6, 6.07) is 10.2. The molecule has 6 heteroatoms. The Morgan fingerprint density at radius 1 is 1.17 bits per heavy atom. The van der Waals surface area contributed by atoms with Crippen LogP contribution >= 0.6 is 0 Å². The monoisotopic (exact) mass is 409 g/mol. The van der Waals surface area contributed by atoms with Gasteiger partial charge in [0, 0.05) is 18.5 Å². The zero-order valence-corrected chi connectivity index (χ0v) is 16.9. The second-order valence-corrected chi connectivity index (χ2v) is 7.67. The van der Waals surface area contributed by atoms with E-state index in [1.54, 1.807) is 30.3 Å². The van der Waals surface area contributed by atoms with Crippen LogP contribution in [0.25, 0.3) is 5.76 Å². The van der Waals surface area contributed by atoms with Crippen LogP contribution in [0.3, 0.4) is 0 Å². The fraction of sp³-hybridized carbons (Fsp3) is 0.333. The molecule has 0 bridgehead atoms. The van der Waals surface area contributed by atoms with E-state index in [1.165, 1.54) is 17.0 Å². The lowest BCUT2D eigenvalue weighted by Gasteiger charge is -2.25. The van der Waals surface area contributed by atoms with Gasteiger partial charge < -0.3 is 14.7 Å². The first kappa shape index (κ1) is 20.1. The average molecular weight is 409 g/mol. The Hall–Kier alpha value is -3.15. The lowest BCUT2D eigenvalue weighted by atomic mass is 9.94. The SMILES string of the molecule is CCCCCN1C(=O)C(=O)/C(=C(\O)c2ccc3c(c2)CCO3)C1c1ccc(F)cc1. The number of hydrogen-bond donors (Lipinski definition) is 1. The van der Waals surface area contributed by atoms with E-state index in [9.17, 15) is 19.1 Å². The third-order valence-electron chi connectivity index (χ3n) is 5.69. The molecule has 1 fully saturated rings. The van der Waals surface area contributed by atoms with Crippen molar-refractivity contribution >= 4 is 17.4 Å². The predicted octanol–water partition coefficient (Wildman–Crippen LogP) is 4.37. The Bertz CT molecular complexity index is 1010. The van der Waals surface area contributed by atoms with E-state index in [4.69, 9.17) is 4.74 Å². The number of rotatable bonds is 6. The molecule has 2 aliphatic heterocycles. The number of hydrogen-bond acceptors (Lipinski definition) is 4. The molecule has 0 spiro atoms. The van der Waals surface area contributed by atoms with Gasteiger partial charge in [0.2, 0.25) is 0 Å². The van der Waals surface area contributed by atoms with Gasteiger partial charge in [0.05, 0.1) is 18.2 Å². The molecule has 1 saturated heterocycles. The molecular formula is C24H24FNO4. The van der Waals surface area contributed by atoms with Crippen molar-refractivity contribution in [1.29, 1.82) is 0 Å². The molecule has 0 aromatic heterocycles. The van der Waals surface area contributed by atoms with E-state index < -0.39 is 23.5 Å². The van der Waals surface area contributed by atoms with Gasteiger partial charge in [0.25, 0.3) is 11.7 Å². The number of ketones is 1. The van der Waals surface area contributed by atoms with E-state index in [0.29, 0.717) is 24.3 Å². The molecule has 5 nitrogen and oxygen atoms in total. The third-order valence-corrected chi connectivity index (χ3v) is 5.69. The Morgan fingerprint density at radius 2 is 1.93 bits per heavy atom. The summed E-state index contributed by atoms with van der Waals surface area (Å²) in [5.74, 6) is -1.20. The highest BCUT2D eigenvalue weighted by Gasteiger charge is 2.45. The number of aliphatic hydroxyl groups excluding tert-OH is 1. The number of Topliss-reactive ketones (excluding diaryl/α,β-unsaturated/α-hetero) is 1. The molecule has 0 saturated carbocycles. The fourth-order valence-electron chi connectivity index (χ4n) is 4.12. The third kappa shape index (κ3) is 3.58. The molecule has 2 aromatic rings. The molecule has 156 valence electrons. The van der Waals surface area contributed by atoms with Crippen LogP contribution in [0.2, 0.25) is 0 Å². The van der Waals surface area contributed by atoms with Crippen molar-refractivity contribution in [3.8, 4) is 5.75 Å². The van der Waals surface area contributed by atoms with Gasteiger partial charge in [-0.25, -0.2) is 4.39 Å². The maximum atomic E-state index is 13.5. The van der Waals surface area contributed by atoms with Gasteiger partial charge in [-0.1, -0.05) is 31.9 Å². The number of carbonyl (C=O) groups excluding carboxylic acids is 2. The maximum absolute atomic E-state index is 13.5. The van der Waals surface area contributed by atoms with Gasteiger partial charge in [-0.2, -0.15) is 0 Å². The molecule has 2 heterocycles. The summed E-state index contributed by atoms with van der Waals surface area (Å²) in [6.07, 6.45) is 3.37. The van der Waals surface area contributed by atoms with E-state index in [0.717, 1.165) is 37.0 Å². The van der Waals surface area contributed by atoms with Crippen molar-refractivity contribution in [2.45, 2.75) is 38.6 Å². The number of carbonyl (C=O) groups is 2. The van der Waals surface area contributed by atoms with Crippen LogP contribution in [0.5, 0.6) is 5.75 Å². The number of aliphatic hydroxyl groups is 1. The lowest BCUT2D eigenvalue weighted by molar-refractivity contribution is -0.139. The Balaban J connectivity index is 1.80. The minimum atomic E-state index is -0.744. The van der Waals surface area contributed by atoms with Crippen LogP contribution in [0, 0.1) is 5.82 Å². The molecule has 0 aliphatic carbocycles. The molecular weight excluding hydrogens is 385 g/mol. The topological polar surface area (TPSA) is 66.8 Å². The quantitative estimate of drug-likeness (QED) is 0.333. The smallest absolute Gasteiger partial charge is 0.295 e. The summed E-state index contributed by atoms with van der Waals surface area (Å²) >= 11 is 0. The number of ether oxygens (including phenoxy) is 1. The molecule has 1 amide bonds. The Labute approximate surface area is 174 Å². The zero-order chi connectivity index (χ0) is 21.3. The molecule has 30 heavy (non-hydrogen) atoms. The number of halogens is 1. The van der Waals surface area contributed by atoms with Crippen molar-refractivity contribution in [2.24, 2.45) is 0 Å². The first-order valence-electron chi connectivity index (χ1n) is 10.3. The van der Waals surface area contributed by atoms with E-state index in [-0.39, 0.29) is 11.3 Å². The standard InChI is InChI=1S/C24H24FNO4/c1-2-3-4-12-26-21(15-5-8-18(25)9-6-15)20(23(28)24(26)29)22(27)17-7-10-19-16(14-17)11-13-30-19/h5-10,14,21,27H,2-4,11-13H2,1H3/b22-20-. The number of likely N-dealkylation sites (tertiary alicyclic amines) is 1. The van der Waals surface area contributed by atoms with Gasteiger partial charge >= 0.3 is 0 Å². The minimum absolute atomic E-state index is 0.0435. The van der Waals surface area contributed by atoms with Gasteiger partial charge in [-0.3, -0.25) is 9.59 Å². The number of benzene rings is 2. The second-order valence-electron chi connectivity index (χ2n) is 7.67. The fourth-order valence-corrected chi connectivity index (χ4v) is 4.12. The van der Waals surface area contributed by atoms with Crippen molar-refractivity contribution < 1.29 is 23.8 Å². The van der Waals surface area contributed by atoms with Crippen molar-refractivity contribution in [2.75, 3.05) is 13.2 Å². The van der Waals surface area contributed by atoms with Crippen molar-refractivity contribution in [1.82, 2.24) is 4.90 Å². The zero-order valence-electron chi connectivity index (χ0n) is 16.9. The van der Waals surface area contributed by atoms with Crippen LogP contribution in [0.15, 0.2) is 48.0 Å². The van der Waals surface area contributed by atoms with E-state index in [2.05, 4.69) is 6.92 Å². The lowest BCUT2D eigenvalue weighted by Crippen LogP contribution is -2.30. The number of nitrogens with zero attached hydrogens (tertiary/aromatic N) is 1. The summed E-state index contributed by atoms with van der Waals surface area (Å²) in [4.78, 5) is 27.3. The first-order chi connectivity index (χ1) is 14.5. The molecule has 2 aromatic carbocycles. The first-order valence-corrected chi connectivity index (χ1v) is 10.3. The minimum Gasteiger partial charge on any atom is -0.507 e. The number of amides is 1. The van der Waals surface area contributed by atoms with Gasteiger partial charge in [0.15, 0.2) is 0 Å². The second kappa shape index (κ2) is 8.30. The largest absolute Gasteiger partial charge is 0.507 e. The van der Waals surface area contributed by atoms with Crippen LogP contribution in [-0.4, -0.2) is 34.8 Å². The van der Waals surface area contributed by atoms with Gasteiger partial charge in [0.1, 0.15) is 17.3 Å². The van der Waals surface area contributed by atoms with Crippen LogP contribution in [0.4, 0.5) is 4.39 Å². The van der Waals surface area contributed by atoms with Crippen molar-refractivity contribution in [3.63, 3.8) is 0 Å². The van der Waals surface area contributed by atoms with Crippen LogP contribution in [-0.2, 0) is 16.0 Å². The van der Waals surface area contributed by atoms with E-state index in [1.807, 2.05) is 0 Å². The molecule has 0 radical (unpaired) electrons. The van der Waals surface area contributed by atoms with Crippen LogP contribution in [0.1, 0.15) is 48.9 Å². The van der Waals surface area contributed by atoms with Gasteiger partial charge in [-0.15, -0.1) is 0 Å². The molecule has 1 unspecified atom stereocenters. The highest BCUT2D eigenvalue weighted by atomic mass is 19.1. The van der Waals surface area contributed by atoms with Crippen molar-refractivity contribution in [3.05, 3.63) is 70.5 Å². The molecule has 4 rings (SSSR count). The average Bonchev–Trinajstić information content (AvgIpc) is 3.31. The highest BCUT2D eigenvalue weighted by Crippen LogP contribution is 2.40. The number of fused-ring (bicyclic) bond motifs is 1. The summed E-state index contributed by atoms with van der Waals surface area (Å²) in [5.41, 5.74) is 2.06. The summed E-state index contributed by atoms with van der Waals surface area (Å²) in [5, 5.41) is 11.1. The van der Waals surface area contributed by atoms with Crippen LogP contribution < -0.4 is 4.74 Å². The summed E-state index contributed by atoms with van der Waals surface area (Å²) in [6.45, 7) is 3.04.